The molecule has 8 heteroatoms. The molecule has 0 atom stereocenters. The van der Waals surface area contributed by atoms with E-state index in [4.69, 9.17) is 14.9 Å². The van der Waals surface area contributed by atoms with Crippen LogP contribution in [-0.4, -0.2) is 47.8 Å². The molecule has 0 saturated carbocycles. The first-order valence-electron chi connectivity index (χ1n) is 8.66. The van der Waals surface area contributed by atoms with E-state index in [0.29, 0.717) is 11.4 Å². The number of hydrogen-bond donors (Lipinski definition) is 4. The Morgan fingerprint density at radius 3 is 1.75 bits per heavy atom. The molecule has 8 nitrogen and oxygen atoms in total. The van der Waals surface area contributed by atoms with Crippen molar-refractivity contribution in [2.45, 2.75) is 12.8 Å². The molecule has 0 unspecified atom stereocenters. The Kier molecular flexibility index (Phi) is 5.72. The third-order valence-corrected chi connectivity index (χ3v) is 4.45. The van der Waals surface area contributed by atoms with Crippen LogP contribution in [0.5, 0.6) is 0 Å². The number of fused-ring (bicyclic) bond motifs is 3. The maximum absolute atomic E-state index is 11.5. The van der Waals surface area contributed by atoms with Gasteiger partial charge < -0.3 is 25.6 Å². The predicted molar refractivity (Wildman–Crippen MR) is 102 cm³/mol. The van der Waals surface area contributed by atoms with Gasteiger partial charge in [-0.25, -0.2) is 0 Å². The highest BCUT2D eigenvalue weighted by Crippen LogP contribution is 2.46. The molecule has 0 heterocycles. The number of hydrogen-bond acceptors (Lipinski definition) is 6. The minimum Gasteiger partial charge on any atom is -0.465 e. The molecule has 2 aromatic rings. The molecular weight excluding hydrogens is 364 g/mol. The third kappa shape index (κ3) is 4.03. The van der Waals surface area contributed by atoms with Crippen molar-refractivity contribution in [1.29, 1.82) is 0 Å². The summed E-state index contributed by atoms with van der Waals surface area (Å²) < 4.78 is 5.23. The third-order valence-electron chi connectivity index (χ3n) is 4.45. The highest BCUT2D eigenvalue weighted by atomic mass is 16.5. The molecule has 0 fully saturated rings. The second-order valence-electron chi connectivity index (χ2n) is 6.37. The molecule has 2 aromatic carbocycles. The van der Waals surface area contributed by atoms with Crippen LogP contribution in [0.15, 0.2) is 36.4 Å². The Hall–Kier alpha value is -3.23. The Bertz CT molecular complexity index is 873. The molecular formula is C20H20N2O6. The van der Waals surface area contributed by atoms with Crippen molar-refractivity contribution in [3.05, 3.63) is 47.5 Å². The van der Waals surface area contributed by atoms with Gasteiger partial charge in [0.05, 0.1) is 0 Å². The zero-order valence-electron chi connectivity index (χ0n) is 15.2. The first kappa shape index (κ1) is 19.5. The van der Waals surface area contributed by atoms with Crippen LogP contribution in [0.4, 0.5) is 11.4 Å². The quantitative estimate of drug-likeness (QED) is 0.555. The number of esters is 1. The van der Waals surface area contributed by atoms with E-state index in [0.717, 1.165) is 22.3 Å². The molecule has 0 bridgehead atoms. The number of aliphatic hydroxyl groups is 2. The Morgan fingerprint density at radius 2 is 1.36 bits per heavy atom. The van der Waals surface area contributed by atoms with E-state index in [-0.39, 0.29) is 12.5 Å². The highest BCUT2D eigenvalue weighted by molar-refractivity contribution is 5.94. The average Bonchev–Trinajstić information content (AvgIpc) is 2.98. The average molecular weight is 384 g/mol. The summed E-state index contributed by atoms with van der Waals surface area (Å²) in [6.45, 7) is 0.181. The summed E-state index contributed by atoms with van der Waals surface area (Å²) in [4.78, 5) is 34.3. The fourth-order valence-corrected chi connectivity index (χ4v) is 3.30. The van der Waals surface area contributed by atoms with Crippen molar-refractivity contribution in [1.82, 2.24) is 0 Å². The van der Waals surface area contributed by atoms with E-state index in [2.05, 4.69) is 10.6 Å². The molecule has 4 N–H and O–H groups in total. The summed E-state index contributed by atoms with van der Waals surface area (Å²) in [6.07, 6.45) is 0. The Morgan fingerprint density at radius 1 is 0.893 bits per heavy atom. The number of carbonyl (C=O) groups is 3. The maximum Gasteiger partial charge on any atom is 0.302 e. The lowest BCUT2D eigenvalue weighted by Crippen LogP contribution is -2.16. The summed E-state index contributed by atoms with van der Waals surface area (Å²) in [5.41, 5.74) is 4.61. The summed E-state index contributed by atoms with van der Waals surface area (Å²) in [6, 6.07) is 10.7. The lowest BCUT2D eigenvalue weighted by atomic mass is 9.97. The van der Waals surface area contributed by atoms with Crippen molar-refractivity contribution >= 4 is 29.2 Å². The molecule has 2 amide bonds. The van der Waals surface area contributed by atoms with Crippen LogP contribution in [0.25, 0.3) is 11.1 Å². The zero-order valence-corrected chi connectivity index (χ0v) is 15.2. The standard InChI is InChI=1S/C20H20N2O6/c1-11(25)28-10-18-16-6-12(21-19(26)8-23)2-4-14(16)15-5-3-13(7-17(15)18)22-20(27)9-24/h2-7,18,23-24H,8-10H2,1H3,(H,21,26)(H,22,27). The Labute approximate surface area is 161 Å². The number of nitrogens with one attached hydrogen (secondary N) is 2. The van der Waals surface area contributed by atoms with E-state index < -0.39 is 31.0 Å². The number of aliphatic hydroxyl groups excluding tert-OH is 2. The molecule has 0 aliphatic heterocycles. The molecule has 3 rings (SSSR count). The molecule has 1 aliphatic carbocycles. The molecule has 0 radical (unpaired) electrons. The van der Waals surface area contributed by atoms with Crippen molar-refractivity contribution < 1.29 is 29.3 Å². The van der Waals surface area contributed by atoms with Gasteiger partial charge >= 0.3 is 5.97 Å². The van der Waals surface area contributed by atoms with Crippen LogP contribution >= 0.6 is 0 Å². The predicted octanol–water partition coefficient (Wildman–Crippen LogP) is 1.22. The fraction of sp³-hybridized carbons (Fsp3) is 0.250. The summed E-state index contributed by atoms with van der Waals surface area (Å²) in [5, 5.41) is 23.1. The van der Waals surface area contributed by atoms with Gasteiger partial charge in [-0.15, -0.1) is 0 Å². The van der Waals surface area contributed by atoms with Crippen molar-refractivity contribution in [2.75, 3.05) is 30.5 Å². The van der Waals surface area contributed by atoms with Gasteiger partial charge in [0.2, 0.25) is 11.8 Å². The summed E-state index contributed by atoms with van der Waals surface area (Å²) in [7, 11) is 0. The van der Waals surface area contributed by atoms with E-state index in [9.17, 15) is 14.4 Å². The van der Waals surface area contributed by atoms with E-state index in [1.807, 2.05) is 12.1 Å². The van der Waals surface area contributed by atoms with Gasteiger partial charge in [0.1, 0.15) is 19.8 Å². The largest absolute Gasteiger partial charge is 0.465 e. The van der Waals surface area contributed by atoms with E-state index in [1.54, 1.807) is 24.3 Å². The topological polar surface area (TPSA) is 125 Å². The van der Waals surface area contributed by atoms with E-state index in [1.165, 1.54) is 6.92 Å². The van der Waals surface area contributed by atoms with Crippen LogP contribution < -0.4 is 10.6 Å². The minimum atomic E-state index is -0.623. The molecule has 0 saturated heterocycles. The van der Waals surface area contributed by atoms with Gasteiger partial charge in [0, 0.05) is 24.2 Å². The fourth-order valence-electron chi connectivity index (χ4n) is 3.30. The van der Waals surface area contributed by atoms with Crippen LogP contribution in [0.3, 0.4) is 0 Å². The molecule has 146 valence electrons. The first-order valence-corrected chi connectivity index (χ1v) is 8.66. The summed E-state index contributed by atoms with van der Waals surface area (Å²) in [5.74, 6) is -1.75. The monoisotopic (exact) mass is 384 g/mol. The molecule has 0 aromatic heterocycles. The molecule has 1 aliphatic rings. The van der Waals surface area contributed by atoms with E-state index >= 15 is 0 Å². The highest BCUT2D eigenvalue weighted by Gasteiger charge is 2.30. The van der Waals surface area contributed by atoms with Gasteiger partial charge in [0.25, 0.3) is 0 Å². The van der Waals surface area contributed by atoms with Gasteiger partial charge in [0.15, 0.2) is 0 Å². The molecule has 0 spiro atoms. The number of amides is 2. The normalized spacial score (nSPS) is 12.1. The Balaban J connectivity index is 2.00. The SMILES string of the molecule is CC(=O)OCC1c2cc(NC(=O)CO)ccc2-c2ccc(NC(=O)CO)cc21. The van der Waals surface area contributed by atoms with Crippen LogP contribution in [-0.2, 0) is 19.1 Å². The van der Waals surface area contributed by atoms with Gasteiger partial charge in [-0.1, -0.05) is 12.1 Å². The smallest absolute Gasteiger partial charge is 0.302 e. The van der Waals surface area contributed by atoms with Gasteiger partial charge in [-0.3, -0.25) is 14.4 Å². The molecule has 28 heavy (non-hydrogen) atoms. The second-order valence-corrected chi connectivity index (χ2v) is 6.37. The van der Waals surface area contributed by atoms with Crippen LogP contribution in [0.2, 0.25) is 0 Å². The van der Waals surface area contributed by atoms with Crippen molar-refractivity contribution in [2.24, 2.45) is 0 Å². The first-order chi connectivity index (χ1) is 13.4. The summed E-state index contributed by atoms with van der Waals surface area (Å²) >= 11 is 0. The minimum absolute atomic E-state index is 0.101. The second kappa shape index (κ2) is 8.20. The zero-order chi connectivity index (χ0) is 20.3. The number of ether oxygens (including phenoxy) is 1. The lowest BCUT2D eigenvalue weighted by Gasteiger charge is -2.15. The number of anilines is 2. The number of rotatable bonds is 6. The number of benzene rings is 2. The van der Waals surface area contributed by atoms with Gasteiger partial charge in [-0.2, -0.15) is 0 Å². The lowest BCUT2D eigenvalue weighted by molar-refractivity contribution is -0.141. The number of carbonyl (C=O) groups excluding carboxylic acids is 3. The van der Waals surface area contributed by atoms with Crippen LogP contribution in [0, 0.1) is 0 Å². The van der Waals surface area contributed by atoms with Gasteiger partial charge in [-0.05, 0) is 46.5 Å². The van der Waals surface area contributed by atoms with Crippen molar-refractivity contribution in [3.63, 3.8) is 0 Å². The maximum atomic E-state index is 11.5. The van der Waals surface area contributed by atoms with Crippen molar-refractivity contribution in [3.8, 4) is 11.1 Å². The van der Waals surface area contributed by atoms with Crippen LogP contribution in [0.1, 0.15) is 24.0 Å².